The summed E-state index contributed by atoms with van der Waals surface area (Å²) in [6.45, 7) is 4.40. The molecule has 0 fully saturated rings. The Morgan fingerprint density at radius 1 is 1.09 bits per heavy atom. The number of ether oxygens (including phenoxy) is 1. The molecule has 0 saturated carbocycles. The van der Waals surface area contributed by atoms with E-state index in [1.165, 1.54) is 28.8 Å². The Labute approximate surface area is 189 Å². The summed E-state index contributed by atoms with van der Waals surface area (Å²) in [6, 6.07) is 12.8. The van der Waals surface area contributed by atoms with Gasteiger partial charge in [0.1, 0.15) is 17.4 Å². The van der Waals surface area contributed by atoms with Crippen molar-refractivity contribution in [2.45, 2.75) is 26.7 Å². The third kappa shape index (κ3) is 5.08. The topological polar surface area (TPSA) is 90.5 Å². The van der Waals surface area contributed by atoms with Gasteiger partial charge in [-0.15, -0.1) is 10.2 Å². The first-order valence-electron chi connectivity index (χ1n) is 10.7. The van der Waals surface area contributed by atoms with E-state index in [9.17, 15) is 14.0 Å². The number of nitrogens with zero attached hydrogens (tertiary/aromatic N) is 4. The van der Waals surface area contributed by atoms with Crippen LogP contribution < -0.4 is 15.6 Å². The molecule has 0 aliphatic carbocycles. The molecule has 0 bridgehead atoms. The van der Waals surface area contributed by atoms with Crippen molar-refractivity contribution in [3.8, 4) is 11.4 Å². The van der Waals surface area contributed by atoms with Crippen LogP contribution in [0.4, 0.5) is 10.1 Å². The molecule has 170 valence electrons. The van der Waals surface area contributed by atoms with Gasteiger partial charge in [0, 0.05) is 36.6 Å². The molecule has 4 rings (SSSR count). The van der Waals surface area contributed by atoms with Crippen molar-refractivity contribution in [3.63, 3.8) is 0 Å². The first-order chi connectivity index (χ1) is 15.9. The molecule has 0 radical (unpaired) electrons. The number of fused-ring (bicyclic) bond motifs is 1. The molecule has 0 aliphatic heterocycles. The first-order valence-corrected chi connectivity index (χ1v) is 10.7. The molecule has 4 aromatic rings. The third-order valence-corrected chi connectivity index (χ3v) is 5.16. The number of amides is 1. The van der Waals surface area contributed by atoms with Crippen molar-refractivity contribution in [1.29, 1.82) is 0 Å². The van der Waals surface area contributed by atoms with Gasteiger partial charge in [-0.1, -0.05) is 6.92 Å². The standard InChI is InChI=1S/C24H24FN5O3/c1-3-33-20-10-8-19(9-11-20)29-12-13-30-21(27-28-23(30)24(29)32)14-16(2)15-22(31)26-18-6-4-17(25)5-7-18/h4-13,16H,3,14-15H2,1-2H3,(H,26,31)/t16-/m1/s1. The third-order valence-electron chi connectivity index (χ3n) is 5.16. The van der Waals surface area contributed by atoms with Gasteiger partial charge in [-0.3, -0.25) is 18.6 Å². The van der Waals surface area contributed by atoms with Gasteiger partial charge in [0.15, 0.2) is 0 Å². The summed E-state index contributed by atoms with van der Waals surface area (Å²) in [6.07, 6.45) is 4.12. The molecule has 1 amide bonds. The maximum atomic E-state index is 13.0. The van der Waals surface area contributed by atoms with Crippen molar-refractivity contribution >= 4 is 17.2 Å². The lowest BCUT2D eigenvalue weighted by molar-refractivity contribution is -0.116. The van der Waals surface area contributed by atoms with Crippen LogP contribution in [0.15, 0.2) is 65.7 Å². The summed E-state index contributed by atoms with van der Waals surface area (Å²) in [5.41, 5.74) is 1.16. The van der Waals surface area contributed by atoms with Crippen LogP contribution in [0, 0.1) is 11.7 Å². The van der Waals surface area contributed by atoms with E-state index >= 15 is 0 Å². The zero-order valence-electron chi connectivity index (χ0n) is 18.4. The SMILES string of the molecule is CCOc1ccc(-n2ccn3c(C[C@@H](C)CC(=O)Nc4ccc(F)cc4)nnc3c2=O)cc1. The Morgan fingerprint density at radius 2 is 1.82 bits per heavy atom. The lowest BCUT2D eigenvalue weighted by Gasteiger charge is -2.11. The van der Waals surface area contributed by atoms with Crippen LogP contribution >= 0.6 is 0 Å². The fourth-order valence-corrected chi connectivity index (χ4v) is 3.59. The fourth-order valence-electron chi connectivity index (χ4n) is 3.59. The maximum Gasteiger partial charge on any atom is 0.300 e. The molecular weight excluding hydrogens is 425 g/mol. The van der Waals surface area contributed by atoms with Gasteiger partial charge in [-0.2, -0.15) is 0 Å². The first kappa shape index (κ1) is 22.2. The summed E-state index contributed by atoms with van der Waals surface area (Å²) in [5, 5.41) is 11.0. The van der Waals surface area contributed by atoms with E-state index < -0.39 is 0 Å². The van der Waals surface area contributed by atoms with E-state index in [-0.39, 0.29) is 35.3 Å². The monoisotopic (exact) mass is 449 g/mol. The summed E-state index contributed by atoms with van der Waals surface area (Å²) in [4.78, 5) is 25.3. The molecule has 0 unspecified atom stereocenters. The molecule has 8 nitrogen and oxygen atoms in total. The lowest BCUT2D eigenvalue weighted by atomic mass is 10.0. The van der Waals surface area contributed by atoms with Crippen LogP contribution in [0.1, 0.15) is 26.1 Å². The quantitative estimate of drug-likeness (QED) is 0.444. The average molecular weight is 449 g/mol. The number of hydrogen-bond acceptors (Lipinski definition) is 5. The van der Waals surface area contributed by atoms with Gasteiger partial charge in [-0.25, -0.2) is 4.39 Å². The van der Waals surface area contributed by atoms with E-state index in [4.69, 9.17) is 4.74 Å². The highest BCUT2D eigenvalue weighted by Crippen LogP contribution is 2.16. The van der Waals surface area contributed by atoms with Gasteiger partial charge >= 0.3 is 5.56 Å². The fraction of sp³-hybridized carbons (Fsp3) is 0.250. The number of nitrogens with one attached hydrogen (secondary N) is 1. The summed E-state index contributed by atoms with van der Waals surface area (Å²) in [5.74, 6) is 0.745. The highest BCUT2D eigenvalue weighted by Gasteiger charge is 2.16. The van der Waals surface area contributed by atoms with Crippen LogP contribution in [0.5, 0.6) is 5.75 Å². The molecule has 2 aromatic carbocycles. The Morgan fingerprint density at radius 3 is 2.52 bits per heavy atom. The molecular formula is C24H24FN5O3. The van der Waals surface area contributed by atoms with E-state index in [1.54, 1.807) is 16.8 Å². The number of carbonyl (C=O) groups is 1. The van der Waals surface area contributed by atoms with E-state index in [1.807, 2.05) is 38.1 Å². The van der Waals surface area contributed by atoms with Gasteiger partial charge in [0.2, 0.25) is 11.6 Å². The molecule has 0 saturated heterocycles. The largest absolute Gasteiger partial charge is 0.494 e. The Hall–Kier alpha value is -4.01. The number of carbonyl (C=O) groups excluding carboxylic acids is 1. The minimum atomic E-state index is -0.360. The normalized spacial score (nSPS) is 12.0. The lowest BCUT2D eigenvalue weighted by Crippen LogP contribution is -2.21. The number of halogens is 1. The molecule has 33 heavy (non-hydrogen) atoms. The van der Waals surface area contributed by atoms with Crippen LogP contribution in [0.2, 0.25) is 0 Å². The Kier molecular flexibility index (Phi) is 6.48. The number of benzene rings is 2. The predicted octanol–water partition coefficient (Wildman–Crippen LogP) is 3.63. The van der Waals surface area contributed by atoms with Gasteiger partial charge < -0.3 is 10.1 Å². The van der Waals surface area contributed by atoms with E-state index in [0.717, 1.165) is 5.75 Å². The van der Waals surface area contributed by atoms with E-state index in [0.29, 0.717) is 30.2 Å². The number of anilines is 1. The summed E-state index contributed by atoms with van der Waals surface area (Å²) < 4.78 is 21.6. The molecule has 0 spiro atoms. The second-order valence-corrected chi connectivity index (χ2v) is 7.78. The molecule has 9 heteroatoms. The highest BCUT2D eigenvalue weighted by atomic mass is 19.1. The van der Waals surface area contributed by atoms with Crippen molar-refractivity contribution in [1.82, 2.24) is 19.2 Å². The van der Waals surface area contributed by atoms with Crippen molar-refractivity contribution < 1.29 is 13.9 Å². The highest BCUT2D eigenvalue weighted by molar-refractivity contribution is 5.90. The van der Waals surface area contributed by atoms with Crippen LogP contribution in [0.25, 0.3) is 11.3 Å². The zero-order chi connectivity index (χ0) is 23.4. The van der Waals surface area contributed by atoms with E-state index in [2.05, 4.69) is 15.5 Å². The average Bonchev–Trinajstić information content (AvgIpc) is 3.20. The molecule has 0 aliphatic rings. The summed E-state index contributed by atoms with van der Waals surface area (Å²) in [7, 11) is 0. The number of hydrogen-bond donors (Lipinski definition) is 1. The molecule has 1 N–H and O–H groups in total. The minimum absolute atomic E-state index is 0.0496. The molecule has 2 heterocycles. The van der Waals surface area contributed by atoms with Crippen molar-refractivity contribution in [3.05, 3.63) is 82.9 Å². The second kappa shape index (κ2) is 9.64. The Bertz CT molecular complexity index is 1310. The Balaban J connectivity index is 1.46. The maximum absolute atomic E-state index is 13.0. The van der Waals surface area contributed by atoms with Crippen LogP contribution in [-0.4, -0.2) is 31.7 Å². The summed E-state index contributed by atoms with van der Waals surface area (Å²) >= 11 is 0. The van der Waals surface area contributed by atoms with Crippen molar-refractivity contribution in [2.75, 3.05) is 11.9 Å². The van der Waals surface area contributed by atoms with Crippen molar-refractivity contribution in [2.24, 2.45) is 5.92 Å². The molecule has 1 atom stereocenters. The number of aromatic nitrogens is 4. The molecule has 2 aromatic heterocycles. The van der Waals surface area contributed by atoms with Gasteiger partial charge in [0.25, 0.3) is 0 Å². The smallest absolute Gasteiger partial charge is 0.300 e. The second-order valence-electron chi connectivity index (χ2n) is 7.78. The van der Waals surface area contributed by atoms with Gasteiger partial charge in [0.05, 0.1) is 6.61 Å². The van der Waals surface area contributed by atoms with Crippen LogP contribution in [0.3, 0.4) is 0 Å². The van der Waals surface area contributed by atoms with Gasteiger partial charge in [-0.05, 0) is 61.4 Å². The minimum Gasteiger partial charge on any atom is -0.494 e. The zero-order valence-corrected chi connectivity index (χ0v) is 18.4. The number of rotatable bonds is 8. The van der Waals surface area contributed by atoms with Crippen LogP contribution in [-0.2, 0) is 11.2 Å². The predicted molar refractivity (Wildman–Crippen MR) is 122 cm³/mol.